The number of ketones is 1. The number of methoxy groups -OCH3 is 2. The normalized spacial score (nSPS) is 24.0. The van der Waals surface area contributed by atoms with Gasteiger partial charge in [-0.2, -0.15) is 0 Å². The lowest BCUT2D eigenvalue weighted by Gasteiger charge is -2.47. The summed E-state index contributed by atoms with van der Waals surface area (Å²) in [5.41, 5.74) is 8.79. The summed E-state index contributed by atoms with van der Waals surface area (Å²) < 4.78 is 83.4. The Kier molecular flexibility index (Phi) is 21.0. The number of carbonyl (C=O) groups is 3. The Labute approximate surface area is 587 Å². The van der Waals surface area contributed by atoms with Crippen molar-refractivity contribution in [3.05, 3.63) is 189 Å². The lowest BCUT2D eigenvalue weighted by molar-refractivity contribution is -0.364. The number of cyclic esters (lactones) is 1. The van der Waals surface area contributed by atoms with Crippen LogP contribution in [0.15, 0.2) is 144 Å². The molecular weight excluding hydrogens is 1340 g/mol. The Morgan fingerprint density at radius 3 is 2.15 bits per heavy atom. The predicted octanol–water partition coefficient (Wildman–Crippen LogP) is 11.8. The summed E-state index contributed by atoms with van der Waals surface area (Å²) in [7, 11) is 1.82. The molecule has 0 amide bonds. The summed E-state index contributed by atoms with van der Waals surface area (Å²) in [6.07, 6.45) is 0.479. The van der Waals surface area contributed by atoms with Crippen LogP contribution >= 0.6 is 11.3 Å². The highest BCUT2D eigenvalue weighted by Gasteiger charge is 2.56. The SMILES string of the molecule is CC1=C(CC(=O)O)c2cc(F)ccc2/C1=C\c1ccc(S(C)=O)cc1.COc1cc([C@@H]2c3cc4c(cc3[C@@H](O[C@@H]3O[C@@H]5CO[C@@H](C)O[C@H]5[C@H](O)[C@H]3O)[C@H]3COC(=O)[C@H]23)OCO4)cc(OC)c1O.O=C(c1ccc(OCCN2CCCCC2)cc1)c1c(-c2ccc(O)cc2)sc2cc(O)ccc12. The Morgan fingerprint density at radius 1 is 0.772 bits per heavy atom. The number of phenols is 3. The molecule has 24 heteroatoms. The van der Waals surface area contributed by atoms with Crippen LogP contribution in [0, 0.1) is 17.7 Å². The third-order valence-corrected chi connectivity index (χ3v) is 21.5. The van der Waals surface area contributed by atoms with Crippen molar-refractivity contribution in [3.8, 4) is 56.4 Å². The van der Waals surface area contributed by atoms with Crippen molar-refractivity contribution in [2.24, 2.45) is 11.8 Å². The van der Waals surface area contributed by atoms with E-state index in [-0.39, 0.29) is 66.8 Å². The van der Waals surface area contributed by atoms with Gasteiger partial charge >= 0.3 is 11.9 Å². The second kappa shape index (κ2) is 30.2. The van der Waals surface area contributed by atoms with Gasteiger partial charge in [-0.05, 0) is 217 Å². The summed E-state index contributed by atoms with van der Waals surface area (Å²) in [6, 6.07) is 38.0. The van der Waals surface area contributed by atoms with E-state index in [0.29, 0.717) is 57.1 Å². The van der Waals surface area contributed by atoms with Crippen LogP contribution in [-0.4, -0.2) is 161 Å². The highest BCUT2D eigenvalue weighted by atomic mass is 32.2. The lowest BCUT2D eigenvalue weighted by atomic mass is 9.66. The van der Waals surface area contributed by atoms with E-state index in [4.69, 9.17) is 52.5 Å². The van der Waals surface area contributed by atoms with E-state index in [1.54, 1.807) is 98.1 Å². The fourth-order valence-corrected chi connectivity index (χ4v) is 16.0. The number of hydrogen-bond acceptors (Lipinski definition) is 21. The summed E-state index contributed by atoms with van der Waals surface area (Å²) in [5, 5.41) is 62.1. The Balaban J connectivity index is 0.000000140. The number of benzene rings is 7. The number of hydrogen-bond donors (Lipinski definition) is 6. The molecule has 6 heterocycles. The van der Waals surface area contributed by atoms with Crippen LogP contribution in [0.3, 0.4) is 0 Å². The second-order valence-electron chi connectivity index (χ2n) is 25.6. The number of phenolic OH excluding ortho intramolecular Hbond substituents is 3. The molecule has 0 radical (unpaired) electrons. The molecule has 7 aliphatic rings. The maximum atomic E-state index is 13.7. The topological polar surface area (TPSA) is 285 Å². The van der Waals surface area contributed by atoms with E-state index < -0.39 is 83.6 Å². The highest BCUT2D eigenvalue weighted by molar-refractivity contribution is 7.84. The van der Waals surface area contributed by atoms with Crippen molar-refractivity contribution in [3.63, 3.8) is 0 Å². The zero-order valence-electron chi connectivity index (χ0n) is 55.9. The Hall–Kier alpha value is -9.21. The molecule has 21 nitrogen and oxygen atoms in total. The number of aliphatic carboxylic acids is 1. The molecule has 101 heavy (non-hydrogen) atoms. The minimum atomic E-state index is -1.44. The molecule has 6 N–H and O–H groups in total. The molecule has 0 spiro atoms. The largest absolute Gasteiger partial charge is 0.508 e. The number of aliphatic hydroxyl groups excluding tert-OH is 2. The second-order valence-corrected chi connectivity index (χ2v) is 28.0. The number of halogens is 1. The molecular formula is C77H76FNO20S2. The molecule has 0 bridgehead atoms. The van der Waals surface area contributed by atoms with Crippen LogP contribution in [0.2, 0.25) is 0 Å². The van der Waals surface area contributed by atoms with E-state index in [0.717, 1.165) is 73.1 Å². The maximum absolute atomic E-state index is 13.7. The van der Waals surface area contributed by atoms with Crippen molar-refractivity contribution >= 4 is 67.2 Å². The number of carboxylic acids is 1. The number of likely N-dealkylation sites (tertiary alicyclic amines) is 1. The van der Waals surface area contributed by atoms with Crippen molar-refractivity contribution in [1.29, 1.82) is 0 Å². The number of rotatable bonds is 16. The molecule has 8 aromatic rings. The third kappa shape index (κ3) is 14.7. The molecule has 5 aliphatic heterocycles. The summed E-state index contributed by atoms with van der Waals surface area (Å²) in [4.78, 5) is 42.2. The average Bonchev–Trinajstić information content (AvgIpc) is 1.70. The fourth-order valence-electron chi connectivity index (χ4n) is 14.2. The number of thiophene rings is 1. The molecule has 528 valence electrons. The first kappa shape index (κ1) is 70.2. The van der Waals surface area contributed by atoms with Gasteiger partial charge in [-0.25, -0.2) is 4.39 Å². The van der Waals surface area contributed by atoms with E-state index in [1.807, 2.05) is 49.4 Å². The number of allylic oxidation sites excluding steroid dienone is 2. The molecule has 1 aromatic heterocycles. The number of esters is 1. The van der Waals surface area contributed by atoms with Gasteiger partial charge < -0.3 is 78.0 Å². The standard InChI is InChI=1S/C29H32O13.C28H27NO4S.C20H17FO3S/c1-11-36-9-20-27(40-11)24(31)25(32)29(41-20)42-26-14-7-17-16(38-10-39-17)6-13(14)21(22-15(26)8-37-28(22)33)12-4-18(34-2)23(30)19(5-12)35-3;30-21-8-4-20(5-9-21)28-26(24-13-10-22(31)18-25(24)34-28)27(32)19-6-11-23(12-7-19)33-17-16-29-14-2-1-3-15-29;1-12-17(9-13-3-6-15(7-4-13)25(2)24)16-8-5-14(21)10-19(16)18(12)11-20(22)23/h4-7,11,15,20-22,24-27,29-32H,8-10H2,1-3H3;4-13,18,30-31H,1-3,14-17H2;3-10H,11H2,1-2H3,(H,22,23)/b;;17-9-/t11-,15+,20-,21-,22+,24-,25-,26-,27-,29+;;/m1../s1. The van der Waals surface area contributed by atoms with Gasteiger partial charge in [-0.3, -0.25) is 23.5 Å². The van der Waals surface area contributed by atoms with Crippen LogP contribution in [0.5, 0.6) is 46.0 Å². The van der Waals surface area contributed by atoms with Crippen LogP contribution in [0.1, 0.15) is 101 Å². The number of fused-ring (bicyclic) bond motifs is 6. The van der Waals surface area contributed by atoms with Gasteiger partial charge in [0.25, 0.3) is 0 Å². The van der Waals surface area contributed by atoms with Crippen molar-refractivity contribution < 1.29 is 101 Å². The van der Waals surface area contributed by atoms with Gasteiger partial charge in [-0.15, -0.1) is 11.3 Å². The van der Waals surface area contributed by atoms with Gasteiger partial charge in [0.15, 0.2) is 41.4 Å². The average molecular weight is 1420 g/mol. The summed E-state index contributed by atoms with van der Waals surface area (Å²) >= 11 is 1.46. The van der Waals surface area contributed by atoms with Crippen molar-refractivity contribution in [1.82, 2.24) is 4.90 Å². The first-order chi connectivity index (χ1) is 48.7. The predicted molar refractivity (Wildman–Crippen MR) is 372 cm³/mol. The number of aliphatic hydroxyl groups is 2. The molecule has 0 saturated carbocycles. The lowest BCUT2D eigenvalue weighted by Crippen LogP contribution is -2.63. The minimum absolute atomic E-state index is 0.0301. The number of nitrogens with zero attached hydrogens (tertiary/aromatic N) is 1. The number of aromatic hydroxyl groups is 3. The van der Waals surface area contributed by atoms with Crippen LogP contribution in [-0.2, 0) is 44.1 Å². The molecule has 11 atom stereocenters. The number of piperidine rings is 1. The van der Waals surface area contributed by atoms with Crippen molar-refractivity contribution in [2.75, 3.05) is 66.7 Å². The molecule has 2 aliphatic carbocycles. The minimum Gasteiger partial charge on any atom is -0.508 e. The van der Waals surface area contributed by atoms with Crippen LogP contribution in [0.25, 0.3) is 37.7 Å². The first-order valence-electron chi connectivity index (χ1n) is 33.1. The maximum Gasteiger partial charge on any atom is 0.310 e. The summed E-state index contributed by atoms with van der Waals surface area (Å²) in [5.74, 6) is -1.34. The highest BCUT2D eigenvalue weighted by Crippen LogP contribution is 2.57. The van der Waals surface area contributed by atoms with E-state index in [2.05, 4.69) is 4.90 Å². The molecule has 4 saturated heterocycles. The summed E-state index contributed by atoms with van der Waals surface area (Å²) in [6.45, 7) is 7.63. The van der Waals surface area contributed by atoms with Crippen molar-refractivity contribution in [2.45, 2.75) is 93.4 Å². The van der Waals surface area contributed by atoms with E-state index in [1.165, 1.54) is 57.0 Å². The molecule has 4 fully saturated rings. The van der Waals surface area contributed by atoms with Gasteiger partial charge in [0.05, 0.1) is 45.9 Å². The van der Waals surface area contributed by atoms with Gasteiger partial charge in [-0.1, -0.05) is 24.6 Å². The van der Waals surface area contributed by atoms with Gasteiger partial charge in [0.2, 0.25) is 12.5 Å². The number of carbonyl (C=O) groups excluding carboxylic acids is 2. The first-order valence-corrected chi connectivity index (χ1v) is 35.5. The van der Waals surface area contributed by atoms with E-state index >= 15 is 0 Å². The van der Waals surface area contributed by atoms with Crippen LogP contribution < -0.4 is 23.7 Å². The van der Waals surface area contributed by atoms with Crippen LogP contribution in [0.4, 0.5) is 4.39 Å². The fraction of sp³-hybridized carbons (Fsp3) is 0.338. The zero-order chi connectivity index (χ0) is 70.9. The monoisotopic (exact) mass is 1420 g/mol. The Bertz CT molecular complexity index is 4490. The quantitative estimate of drug-likeness (QED) is 0.0387. The van der Waals surface area contributed by atoms with Gasteiger partial charge in [0, 0.05) is 66.4 Å². The van der Waals surface area contributed by atoms with Gasteiger partial charge in [0.1, 0.15) is 54.1 Å². The smallest absolute Gasteiger partial charge is 0.310 e. The zero-order valence-corrected chi connectivity index (χ0v) is 57.5. The third-order valence-electron chi connectivity index (χ3n) is 19.3. The number of carboxylic acid groups (broad SMARTS) is 1. The molecule has 7 aromatic carbocycles. The van der Waals surface area contributed by atoms with E-state index in [9.17, 15) is 48.5 Å². The molecule has 15 rings (SSSR count). The molecule has 1 unspecified atom stereocenters. The Morgan fingerprint density at radius 2 is 1.47 bits per heavy atom. The number of ether oxygens (including phenoxy) is 10.